The van der Waals surface area contributed by atoms with E-state index in [2.05, 4.69) is 299 Å². The number of rotatable bonds is 14. The summed E-state index contributed by atoms with van der Waals surface area (Å²) in [4.78, 5) is 13.7. The molecule has 12 rings (SSSR count). The molecule has 0 nitrogen and oxygen atoms in total. The first-order valence-corrected chi connectivity index (χ1v) is 41.4. The van der Waals surface area contributed by atoms with E-state index in [9.17, 15) is 0 Å². The SMILES string of the molecule is CC.CC.CC.CC.CC(c1ccc(-c2ccc(C(C)(c3cc(S)ccc3S)c3cc(S)ccc3S)cc2)cc1)(c1cc(S)ccc1S)c1cc(S)ccc1S.CC(c1ccc(-c2ccc(C(C)(c3ccc(S)c(S)c3)c3ccc(S)c(S)c3)cc2)cc1)(c1ccc(S)c(S)c1)c1ccc(S)c(S)c1. The van der Waals surface area contributed by atoms with Crippen LogP contribution in [0.4, 0.5) is 0 Å². The molecule has 0 amide bonds. The lowest BCUT2D eigenvalue weighted by atomic mass is 9.70. The maximum absolute atomic E-state index is 4.89. The van der Waals surface area contributed by atoms with Gasteiger partial charge in [0.2, 0.25) is 0 Å². The molecule has 0 saturated carbocycles. The molecule has 104 heavy (non-hydrogen) atoms. The van der Waals surface area contributed by atoms with E-state index in [4.69, 9.17) is 101 Å². The molecule has 12 aromatic carbocycles. The van der Waals surface area contributed by atoms with E-state index in [0.29, 0.717) is 0 Å². The van der Waals surface area contributed by atoms with Crippen LogP contribution in [0, 0.1) is 0 Å². The average molecular weight is 1660 g/mol. The summed E-state index contributed by atoms with van der Waals surface area (Å²) >= 11 is 75.4. The van der Waals surface area contributed by atoms with Crippen molar-refractivity contribution in [3.63, 3.8) is 0 Å². The van der Waals surface area contributed by atoms with Crippen LogP contribution in [0.1, 0.15) is 150 Å². The van der Waals surface area contributed by atoms with E-state index < -0.39 is 21.7 Å². The van der Waals surface area contributed by atoms with Crippen LogP contribution in [-0.2, 0) is 21.7 Å². The van der Waals surface area contributed by atoms with E-state index in [1.165, 1.54) is 0 Å². The first-order valence-electron chi connectivity index (χ1n) is 34.3. The van der Waals surface area contributed by atoms with Crippen LogP contribution in [0.2, 0.25) is 0 Å². The molecule has 0 aliphatic rings. The first-order chi connectivity index (χ1) is 49.6. The second kappa shape index (κ2) is 39.2. The zero-order chi connectivity index (χ0) is 76.8. The van der Waals surface area contributed by atoms with Crippen molar-refractivity contribution in [3.8, 4) is 22.3 Å². The minimum atomic E-state index is -0.561. The Morgan fingerprint density at radius 3 is 0.481 bits per heavy atom. The maximum Gasteiger partial charge on any atom is 0.0446 e. The second-order valence-corrected chi connectivity index (χ2v) is 32.3. The summed E-state index contributed by atoms with van der Waals surface area (Å²) in [6.45, 7) is 24.9. The van der Waals surface area contributed by atoms with Gasteiger partial charge in [0.1, 0.15) is 0 Å². The summed E-state index contributed by atoms with van der Waals surface area (Å²) in [5.74, 6) is 0. The predicted octanol–water partition coefficient (Wildman–Crippen LogP) is 28.8. The Balaban J connectivity index is 0.000000266. The normalized spacial score (nSPS) is 11.3. The van der Waals surface area contributed by atoms with Gasteiger partial charge in [-0.3, -0.25) is 0 Å². The summed E-state index contributed by atoms with van der Waals surface area (Å²) in [5, 5.41) is 0. The zero-order valence-corrected chi connectivity index (χ0v) is 74.6. The molecule has 0 N–H and O–H groups in total. The summed E-state index contributed by atoms with van der Waals surface area (Å²) in [5.41, 5.74) is 15.6. The van der Waals surface area contributed by atoms with Gasteiger partial charge in [0.15, 0.2) is 0 Å². The highest BCUT2D eigenvalue weighted by Crippen LogP contribution is 2.50. The fourth-order valence-corrected chi connectivity index (χ4v) is 16.6. The first kappa shape index (κ1) is 87.5. The molecular formula is C88H92S16. The Bertz CT molecular complexity index is 4380. The zero-order valence-electron chi connectivity index (χ0n) is 60.2. The number of benzene rings is 12. The van der Waals surface area contributed by atoms with Crippen molar-refractivity contribution in [3.05, 3.63) is 309 Å². The van der Waals surface area contributed by atoms with Crippen molar-refractivity contribution < 1.29 is 0 Å². The molecule has 0 aromatic heterocycles. The molecule has 0 heterocycles. The molecule has 0 aliphatic heterocycles. The smallest absolute Gasteiger partial charge is 0.0446 e. The summed E-state index contributed by atoms with van der Waals surface area (Å²) in [6, 6.07) is 84.3. The lowest BCUT2D eigenvalue weighted by Crippen LogP contribution is -2.27. The predicted molar refractivity (Wildman–Crippen MR) is 499 cm³/mol. The fraction of sp³-hybridized carbons (Fsp3) is 0.182. The second-order valence-electron chi connectivity index (χ2n) is 24.4. The number of thiol groups is 16. The van der Waals surface area contributed by atoms with Crippen LogP contribution in [0.5, 0.6) is 0 Å². The van der Waals surface area contributed by atoms with Gasteiger partial charge < -0.3 is 0 Å². The summed E-state index contributed by atoms with van der Waals surface area (Å²) in [7, 11) is 0. The monoisotopic (exact) mass is 1660 g/mol. The van der Waals surface area contributed by atoms with Crippen LogP contribution < -0.4 is 0 Å². The van der Waals surface area contributed by atoms with Gasteiger partial charge in [0.05, 0.1) is 0 Å². The lowest BCUT2D eigenvalue weighted by molar-refractivity contribution is 0.658. The molecule has 0 radical (unpaired) electrons. The van der Waals surface area contributed by atoms with Gasteiger partial charge >= 0.3 is 0 Å². The Hall–Kier alpha value is -3.76. The standard InChI is InChI=1S/2C40H34S8.4C2H6/c1-39(31-19-27(41)11-15-35(31)45,32-20-28(42)12-16-36(32)46)25-7-3-23(4-8-25)24-5-9-26(10-6-24)40(2,33-21-29(43)13-17-37(33)47)34-22-30(44)14-18-38(34)48;1-39(27-11-15-31(41)35(45)19-27,28-12-16-32(42)36(46)20-28)25-7-3-23(4-8-25)24-5-9-26(10-6-24)40(2,29-13-17-33(43)37(47)21-29)30-14-18-34(44)38(48)22-30;4*1-2/h2*3-22,41-48H,1-2H3;4*1-2H3. The molecule has 0 spiro atoms. The largest absolute Gasteiger partial charge is 0.143 e. The number of hydrogen-bond donors (Lipinski definition) is 16. The van der Waals surface area contributed by atoms with Crippen molar-refractivity contribution >= 4 is 202 Å². The van der Waals surface area contributed by atoms with Crippen molar-refractivity contribution in [1.29, 1.82) is 0 Å². The summed E-state index contributed by atoms with van der Waals surface area (Å²) < 4.78 is 0. The van der Waals surface area contributed by atoms with Gasteiger partial charge in [-0.15, -0.1) is 202 Å². The van der Waals surface area contributed by atoms with Crippen molar-refractivity contribution in [2.75, 3.05) is 0 Å². The molecule has 16 heteroatoms. The van der Waals surface area contributed by atoms with Crippen molar-refractivity contribution in [2.24, 2.45) is 0 Å². The van der Waals surface area contributed by atoms with E-state index in [1.807, 2.05) is 128 Å². The molecule has 0 atom stereocenters. The summed E-state index contributed by atoms with van der Waals surface area (Å²) in [6.07, 6.45) is 0. The van der Waals surface area contributed by atoms with E-state index in [1.54, 1.807) is 0 Å². The molecule has 540 valence electrons. The molecular weight excluding hydrogens is 1570 g/mol. The van der Waals surface area contributed by atoms with Gasteiger partial charge in [-0.05, 0) is 238 Å². The third kappa shape index (κ3) is 19.2. The highest BCUT2D eigenvalue weighted by molar-refractivity contribution is 7.85. The fourth-order valence-electron chi connectivity index (χ4n) is 12.9. The highest BCUT2D eigenvalue weighted by Gasteiger charge is 2.38. The van der Waals surface area contributed by atoms with Crippen LogP contribution in [0.3, 0.4) is 0 Å². The minimum absolute atomic E-state index is 0.467. The van der Waals surface area contributed by atoms with Gasteiger partial charge in [0.25, 0.3) is 0 Å². The molecule has 0 saturated heterocycles. The van der Waals surface area contributed by atoms with E-state index >= 15 is 0 Å². The van der Waals surface area contributed by atoms with Crippen LogP contribution in [0.15, 0.2) is 321 Å². The number of hydrogen-bond acceptors (Lipinski definition) is 16. The third-order valence-electron chi connectivity index (χ3n) is 18.8. The molecule has 0 unspecified atom stereocenters. The quantitative estimate of drug-likeness (QED) is 0.0371. The van der Waals surface area contributed by atoms with E-state index in [0.717, 1.165) is 167 Å². The molecule has 0 bridgehead atoms. The Morgan fingerprint density at radius 1 is 0.154 bits per heavy atom. The van der Waals surface area contributed by atoms with Gasteiger partial charge in [0, 0.05) is 100.0 Å². The van der Waals surface area contributed by atoms with E-state index in [-0.39, 0.29) is 0 Å². The highest BCUT2D eigenvalue weighted by atomic mass is 32.1. The van der Waals surface area contributed by atoms with Gasteiger partial charge in [-0.2, -0.15) is 0 Å². The van der Waals surface area contributed by atoms with Crippen LogP contribution >= 0.6 is 202 Å². The minimum Gasteiger partial charge on any atom is -0.143 e. The maximum atomic E-state index is 4.89. The third-order valence-corrected chi connectivity index (χ3v) is 25.2. The average Bonchev–Trinajstić information content (AvgIpc) is 0.782. The van der Waals surface area contributed by atoms with Crippen LogP contribution in [-0.4, -0.2) is 0 Å². The lowest BCUT2D eigenvalue weighted by Gasteiger charge is -2.35. The van der Waals surface area contributed by atoms with Crippen molar-refractivity contribution in [1.82, 2.24) is 0 Å². The van der Waals surface area contributed by atoms with Crippen LogP contribution in [0.25, 0.3) is 22.3 Å². The molecule has 0 aliphatic carbocycles. The Morgan fingerprint density at radius 2 is 0.308 bits per heavy atom. The van der Waals surface area contributed by atoms with Crippen molar-refractivity contribution in [2.45, 2.75) is 183 Å². The van der Waals surface area contributed by atoms with Gasteiger partial charge in [-0.1, -0.05) is 177 Å². The Kier molecular flexibility index (Phi) is 33.0. The van der Waals surface area contributed by atoms with Gasteiger partial charge in [-0.25, -0.2) is 0 Å². The molecule has 12 aromatic rings. The molecule has 0 fully saturated rings. The Labute approximate surface area is 708 Å². The topological polar surface area (TPSA) is 0 Å².